The third-order valence-electron chi connectivity index (χ3n) is 4.84. The number of halogens is 1. The maximum absolute atomic E-state index is 6.30. The summed E-state index contributed by atoms with van der Waals surface area (Å²) in [6, 6.07) is 8.51. The summed E-state index contributed by atoms with van der Waals surface area (Å²) in [5.74, 6) is 0. The zero-order valence-corrected chi connectivity index (χ0v) is 16.7. The van der Waals surface area contributed by atoms with Crippen LogP contribution in [0.15, 0.2) is 29.4 Å². The number of hydrazone groups is 1. The quantitative estimate of drug-likeness (QED) is 0.332. The molecule has 2 N–H and O–H groups in total. The van der Waals surface area contributed by atoms with Gasteiger partial charge in [0.1, 0.15) is 5.15 Å². The number of hydrogen-bond acceptors (Lipinski definition) is 3. The van der Waals surface area contributed by atoms with Gasteiger partial charge in [0.2, 0.25) is 0 Å². The van der Waals surface area contributed by atoms with Crippen molar-refractivity contribution in [3.63, 3.8) is 0 Å². The Balaban J connectivity index is 1.60. The van der Waals surface area contributed by atoms with Crippen LogP contribution < -0.4 is 10.7 Å². The van der Waals surface area contributed by atoms with E-state index in [1.807, 2.05) is 31.2 Å². The lowest BCUT2D eigenvalue weighted by Gasteiger charge is -2.21. The minimum atomic E-state index is 0.441. The number of fused-ring (bicyclic) bond motifs is 1. The monoisotopic (exact) mass is 388 g/mol. The summed E-state index contributed by atoms with van der Waals surface area (Å²) in [6.45, 7) is 2.03. The van der Waals surface area contributed by atoms with Crippen molar-refractivity contribution in [3.05, 3.63) is 40.5 Å². The molecule has 1 fully saturated rings. The second kappa shape index (κ2) is 9.28. The van der Waals surface area contributed by atoms with E-state index >= 15 is 0 Å². The van der Waals surface area contributed by atoms with E-state index in [9.17, 15) is 0 Å². The zero-order chi connectivity index (χ0) is 18.4. The Kier molecular flexibility index (Phi) is 6.80. The minimum Gasteiger partial charge on any atom is -0.359 e. The maximum Gasteiger partial charge on any atom is 0.187 e. The number of thiocarbonyl (C=S) groups is 1. The number of benzene rings is 1. The van der Waals surface area contributed by atoms with Crippen LogP contribution >= 0.6 is 23.8 Å². The van der Waals surface area contributed by atoms with Crippen molar-refractivity contribution in [1.82, 2.24) is 15.7 Å². The van der Waals surface area contributed by atoms with Crippen molar-refractivity contribution < 1.29 is 0 Å². The Labute approximate surface area is 165 Å². The van der Waals surface area contributed by atoms with Crippen LogP contribution in [0.5, 0.6) is 0 Å². The first-order chi connectivity index (χ1) is 12.6. The molecule has 1 aliphatic carbocycles. The number of para-hydroxylation sites is 1. The fraction of sp³-hybridized carbons (Fsp3) is 0.450. The van der Waals surface area contributed by atoms with E-state index in [1.54, 1.807) is 6.21 Å². The van der Waals surface area contributed by atoms with E-state index in [1.165, 1.54) is 44.9 Å². The molecule has 138 valence electrons. The van der Waals surface area contributed by atoms with Crippen molar-refractivity contribution in [2.45, 2.75) is 57.9 Å². The molecule has 1 saturated carbocycles. The Morgan fingerprint density at radius 2 is 1.96 bits per heavy atom. The van der Waals surface area contributed by atoms with Crippen LogP contribution in [-0.4, -0.2) is 22.4 Å². The van der Waals surface area contributed by atoms with Crippen LogP contribution in [0.2, 0.25) is 5.15 Å². The number of pyridine rings is 1. The van der Waals surface area contributed by atoms with E-state index in [-0.39, 0.29) is 0 Å². The van der Waals surface area contributed by atoms with Gasteiger partial charge in [-0.05, 0) is 43.6 Å². The third kappa shape index (κ3) is 5.15. The highest BCUT2D eigenvalue weighted by Crippen LogP contribution is 2.22. The summed E-state index contributed by atoms with van der Waals surface area (Å²) in [5.41, 5.74) is 5.70. The van der Waals surface area contributed by atoms with Gasteiger partial charge in [-0.15, -0.1) is 0 Å². The predicted octanol–water partition coefficient (Wildman–Crippen LogP) is 5.11. The summed E-state index contributed by atoms with van der Waals surface area (Å²) >= 11 is 11.7. The fourth-order valence-corrected chi connectivity index (χ4v) is 3.82. The molecule has 26 heavy (non-hydrogen) atoms. The van der Waals surface area contributed by atoms with Gasteiger partial charge in [0.25, 0.3) is 0 Å². The highest BCUT2D eigenvalue weighted by Gasteiger charge is 2.12. The zero-order valence-electron chi connectivity index (χ0n) is 15.1. The average molecular weight is 389 g/mol. The number of rotatable bonds is 3. The Morgan fingerprint density at radius 3 is 2.73 bits per heavy atom. The van der Waals surface area contributed by atoms with Gasteiger partial charge in [-0.2, -0.15) is 5.10 Å². The van der Waals surface area contributed by atoms with Crippen molar-refractivity contribution in [2.75, 3.05) is 0 Å². The fourth-order valence-electron chi connectivity index (χ4n) is 3.41. The molecule has 0 spiro atoms. The van der Waals surface area contributed by atoms with Gasteiger partial charge in [-0.3, -0.25) is 5.43 Å². The first-order valence-corrected chi connectivity index (χ1v) is 10.1. The number of aryl methyl sites for hydroxylation is 1. The van der Waals surface area contributed by atoms with E-state index < -0.39 is 0 Å². The molecule has 1 aliphatic rings. The largest absolute Gasteiger partial charge is 0.359 e. The summed E-state index contributed by atoms with van der Waals surface area (Å²) in [4.78, 5) is 4.48. The molecule has 1 heterocycles. The van der Waals surface area contributed by atoms with Crippen LogP contribution in [-0.2, 0) is 0 Å². The van der Waals surface area contributed by atoms with Crippen LogP contribution in [0.3, 0.4) is 0 Å². The Morgan fingerprint density at radius 1 is 1.23 bits per heavy atom. The lowest BCUT2D eigenvalue weighted by molar-refractivity contribution is 0.427. The molecule has 0 radical (unpaired) electrons. The van der Waals surface area contributed by atoms with E-state index in [4.69, 9.17) is 23.8 Å². The first-order valence-electron chi connectivity index (χ1n) is 9.29. The molecule has 4 nitrogen and oxygen atoms in total. The summed E-state index contributed by atoms with van der Waals surface area (Å²) in [7, 11) is 0. The molecule has 0 amide bonds. The van der Waals surface area contributed by atoms with E-state index in [2.05, 4.69) is 20.8 Å². The molecule has 0 atom stereocenters. The maximum atomic E-state index is 6.30. The molecule has 2 aromatic rings. The molecular weight excluding hydrogens is 364 g/mol. The average Bonchev–Trinajstić information content (AvgIpc) is 2.58. The number of hydrogen-bond donors (Lipinski definition) is 2. The van der Waals surface area contributed by atoms with Crippen molar-refractivity contribution in [2.24, 2.45) is 5.10 Å². The summed E-state index contributed by atoms with van der Waals surface area (Å²) < 4.78 is 0. The number of nitrogens with zero attached hydrogens (tertiary/aromatic N) is 2. The topological polar surface area (TPSA) is 49.3 Å². The van der Waals surface area contributed by atoms with Crippen LogP contribution in [0.1, 0.15) is 56.1 Å². The SMILES string of the molecule is Cc1cccc2cc(/C=N/NC(=S)NC3CCCCCCC3)c(Cl)nc12. The van der Waals surface area contributed by atoms with Crippen LogP contribution in [0.4, 0.5) is 0 Å². The second-order valence-corrected chi connectivity index (χ2v) is 7.67. The molecule has 6 heteroatoms. The molecule has 3 rings (SSSR count). The number of nitrogens with one attached hydrogen (secondary N) is 2. The summed E-state index contributed by atoms with van der Waals surface area (Å²) in [6.07, 6.45) is 10.6. The first kappa shape index (κ1) is 19.1. The van der Waals surface area contributed by atoms with Crippen LogP contribution in [0, 0.1) is 6.92 Å². The van der Waals surface area contributed by atoms with Gasteiger partial charge >= 0.3 is 0 Å². The van der Waals surface area contributed by atoms with Crippen molar-refractivity contribution >= 4 is 46.0 Å². The molecule has 0 bridgehead atoms. The lowest BCUT2D eigenvalue weighted by Crippen LogP contribution is -2.40. The molecule has 1 aromatic heterocycles. The number of aromatic nitrogens is 1. The highest BCUT2D eigenvalue weighted by atomic mass is 35.5. The standard InChI is InChI=1S/C20H25ClN4S/c1-14-8-7-9-15-12-16(19(21)24-18(14)15)13-22-25-20(26)23-17-10-5-3-2-4-6-11-17/h7-9,12-13,17H,2-6,10-11H2,1H3,(H2,23,25,26)/b22-13+. The minimum absolute atomic E-state index is 0.441. The highest BCUT2D eigenvalue weighted by molar-refractivity contribution is 7.80. The molecular formula is C20H25ClN4S. The van der Waals surface area contributed by atoms with Gasteiger partial charge < -0.3 is 5.32 Å². The molecule has 0 unspecified atom stereocenters. The van der Waals surface area contributed by atoms with Gasteiger partial charge in [0.05, 0.1) is 11.7 Å². The predicted molar refractivity (Wildman–Crippen MR) is 114 cm³/mol. The van der Waals surface area contributed by atoms with Crippen molar-refractivity contribution in [3.8, 4) is 0 Å². The van der Waals surface area contributed by atoms with Gasteiger partial charge in [-0.25, -0.2) is 4.98 Å². The Hall–Kier alpha value is -1.72. The van der Waals surface area contributed by atoms with Gasteiger partial charge in [-0.1, -0.05) is 61.9 Å². The second-order valence-electron chi connectivity index (χ2n) is 6.90. The van der Waals surface area contributed by atoms with E-state index in [0.717, 1.165) is 22.0 Å². The normalized spacial score (nSPS) is 16.4. The third-order valence-corrected chi connectivity index (χ3v) is 5.35. The smallest absolute Gasteiger partial charge is 0.187 e. The van der Waals surface area contributed by atoms with Gasteiger partial charge in [0.15, 0.2) is 5.11 Å². The lowest BCUT2D eigenvalue weighted by atomic mass is 9.97. The van der Waals surface area contributed by atoms with Crippen molar-refractivity contribution in [1.29, 1.82) is 0 Å². The molecule has 0 saturated heterocycles. The van der Waals surface area contributed by atoms with Gasteiger partial charge in [0, 0.05) is 17.0 Å². The molecule has 0 aliphatic heterocycles. The van der Waals surface area contributed by atoms with E-state index in [0.29, 0.717) is 16.3 Å². The van der Waals surface area contributed by atoms with Crippen LogP contribution in [0.25, 0.3) is 10.9 Å². The summed E-state index contributed by atoms with van der Waals surface area (Å²) in [5, 5.41) is 9.67. The Bertz CT molecular complexity index is 798. The molecule has 1 aromatic carbocycles.